The zero-order chi connectivity index (χ0) is 24.8. The van der Waals surface area contributed by atoms with Gasteiger partial charge in [0.15, 0.2) is 17.1 Å². The van der Waals surface area contributed by atoms with Gasteiger partial charge in [0.2, 0.25) is 5.69 Å². The third-order valence-corrected chi connectivity index (χ3v) is 6.07. The number of carbonyl (C=O) groups excluding carboxylic acids is 3. The van der Waals surface area contributed by atoms with E-state index in [1.165, 1.54) is 21.5 Å². The number of carbonyl (C=O) groups is 3. The molecule has 1 aliphatic heterocycles. The lowest BCUT2D eigenvalue weighted by atomic mass is 10.1. The van der Waals surface area contributed by atoms with Gasteiger partial charge >= 0.3 is 5.91 Å². The van der Waals surface area contributed by atoms with E-state index in [1.54, 1.807) is 84.9 Å². The summed E-state index contributed by atoms with van der Waals surface area (Å²) < 4.78 is 2.46. The van der Waals surface area contributed by atoms with Gasteiger partial charge in [-0.1, -0.05) is 36.4 Å². The van der Waals surface area contributed by atoms with Crippen molar-refractivity contribution in [3.05, 3.63) is 120 Å². The van der Waals surface area contributed by atoms with Crippen LogP contribution >= 0.6 is 0 Å². The Morgan fingerprint density at radius 2 is 1.42 bits per heavy atom. The molecule has 0 spiro atoms. The third-order valence-electron chi connectivity index (χ3n) is 6.07. The molecule has 1 amide bonds. The van der Waals surface area contributed by atoms with Crippen LogP contribution in [0.25, 0.3) is 10.9 Å². The molecule has 0 bridgehead atoms. The van der Waals surface area contributed by atoms with Crippen molar-refractivity contribution >= 4 is 39.9 Å². The summed E-state index contributed by atoms with van der Waals surface area (Å²) in [5.74, 6) is -1.90. The summed E-state index contributed by atoms with van der Waals surface area (Å²) in [5, 5.41) is 11.7. The number of fused-ring (bicyclic) bond motifs is 2. The topological polar surface area (TPSA) is 105 Å². The normalized spacial score (nSPS) is 12.7. The molecule has 36 heavy (non-hydrogen) atoms. The largest absolute Gasteiger partial charge is 0.505 e. The number of hydrogen-bond donors (Lipinski definition) is 1. The number of pyridine rings is 2. The van der Waals surface area contributed by atoms with Crippen LogP contribution in [0, 0.1) is 0 Å². The van der Waals surface area contributed by atoms with E-state index < -0.39 is 17.6 Å². The molecule has 8 nitrogen and oxygen atoms in total. The van der Waals surface area contributed by atoms with Crippen LogP contribution in [0.4, 0.5) is 5.69 Å². The van der Waals surface area contributed by atoms with Gasteiger partial charge in [-0.15, -0.1) is 4.58 Å². The molecule has 8 heteroatoms. The molecule has 0 radical (unpaired) electrons. The molecule has 5 aromatic rings. The van der Waals surface area contributed by atoms with Gasteiger partial charge in [0.1, 0.15) is 11.3 Å². The van der Waals surface area contributed by atoms with E-state index in [0.29, 0.717) is 16.6 Å². The standard InChI is InChI=1S/C28H16N4O4/c33-25-17-9-1-3-13-21(17)31(27(35)19-11-5-7-15-29-19)23(25)24-26(34)18-10-2-4-14-22(18)32(24)28(36)20-12-6-8-16-30-20/h1-16H/p+1. The van der Waals surface area contributed by atoms with Crippen LogP contribution < -0.4 is 0 Å². The SMILES string of the molecule is O=C1C(c2c(O)c3ccccc3n2C(=O)c2ccccn2)=[N+](C(=O)c2ccccn2)c2ccccc21. The molecule has 0 unspecified atom stereocenters. The molecule has 6 rings (SSSR count). The lowest BCUT2D eigenvalue weighted by molar-refractivity contribution is -0.330. The highest BCUT2D eigenvalue weighted by Gasteiger charge is 2.47. The van der Waals surface area contributed by atoms with E-state index in [9.17, 15) is 19.5 Å². The number of benzene rings is 2. The van der Waals surface area contributed by atoms with Gasteiger partial charge in [-0.25, -0.2) is 9.78 Å². The average Bonchev–Trinajstić information content (AvgIpc) is 3.39. The van der Waals surface area contributed by atoms with E-state index >= 15 is 0 Å². The van der Waals surface area contributed by atoms with Crippen LogP contribution in [-0.4, -0.2) is 47.5 Å². The number of Topliss-reactive ketones (excluding diaryl/α,β-unsaturated/α-hetero) is 1. The average molecular weight is 473 g/mol. The number of hydrogen-bond acceptors (Lipinski definition) is 6. The Morgan fingerprint density at radius 1 is 0.778 bits per heavy atom. The van der Waals surface area contributed by atoms with Gasteiger partial charge in [-0.3, -0.25) is 19.1 Å². The van der Waals surface area contributed by atoms with E-state index in [0.717, 1.165) is 0 Å². The minimum Gasteiger partial charge on any atom is -0.505 e. The second-order valence-corrected chi connectivity index (χ2v) is 8.12. The maximum absolute atomic E-state index is 13.8. The number of para-hydroxylation sites is 2. The van der Waals surface area contributed by atoms with Gasteiger partial charge in [0.05, 0.1) is 5.52 Å². The summed E-state index contributed by atoms with van der Waals surface area (Å²) in [6, 6.07) is 23.2. The summed E-state index contributed by atoms with van der Waals surface area (Å²) in [4.78, 5) is 49.5. The highest BCUT2D eigenvalue weighted by molar-refractivity contribution is 6.53. The molecule has 4 heterocycles. The Kier molecular flexibility index (Phi) is 4.86. The van der Waals surface area contributed by atoms with Crippen LogP contribution in [0.5, 0.6) is 5.75 Å². The van der Waals surface area contributed by atoms with Crippen LogP contribution in [0.15, 0.2) is 97.3 Å². The molecular weight excluding hydrogens is 456 g/mol. The molecule has 0 fully saturated rings. The fraction of sp³-hybridized carbons (Fsp3) is 0. The Bertz CT molecular complexity index is 1740. The van der Waals surface area contributed by atoms with Gasteiger partial charge < -0.3 is 5.11 Å². The monoisotopic (exact) mass is 473 g/mol. The second kappa shape index (κ2) is 8.21. The maximum Gasteiger partial charge on any atom is 0.444 e. The molecule has 0 saturated carbocycles. The lowest BCUT2D eigenvalue weighted by Gasteiger charge is -2.08. The quantitative estimate of drug-likeness (QED) is 0.397. The highest BCUT2D eigenvalue weighted by atomic mass is 16.3. The summed E-state index contributed by atoms with van der Waals surface area (Å²) >= 11 is 0. The van der Waals surface area contributed by atoms with Crippen molar-refractivity contribution in [2.75, 3.05) is 0 Å². The highest BCUT2D eigenvalue weighted by Crippen LogP contribution is 2.38. The van der Waals surface area contributed by atoms with E-state index in [-0.39, 0.29) is 34.1 Å². The number of rotatable bonds is 3. The first-order valence-electron chi connectivity index (χ1n) is 11.1. The van der Waals surface area contributed by atoms with Crippen molar-refractivity contribution in [1.82, 2.24) is 14.5 Å². The first-order chi connectivity index (χ1) is 17.6. The molecule has 1 N–H and O–H groups in total. The Hall–Kier alpha value is -5.24. The first kappa shape index (κ1) is 21.3. The second-order valence-electron chi connectivity index (χ2n) is 8.12. The predicted molar refractivity (Wildman–Crippen MR) is 131 cm³/mol. The van der Waals surface area contributed by atoms with Gasteiger partial charge in [0, 0.05) is 23.8 Å². The van der Waals surface area contributed by atoms with Crippen molar-refractivity contribution in [2.45, 2.75) is 0 Å². The smallest absolute Gasteiger partial charge is 0.444 e. The zero-order valence-electron chi connectivity index (χ0n) is 18.7. The number of amides is 1. The summed E-state index contributed by atoms with van der Waals surface area (Å²) in [6.07, 6.45) is 2.97. The van der Waals surface area contributed by atoms with Crippen LogP contribution in [0.1, 0.15) is 37.0 Å². The van der Waals surface area contributed by atoms with Crippen molar-refractivity contribution in [2.24, 2.45) is 0 Å². The first-order valence-corrected chi connectivity index (χ1v) is 11.1. The van der Waals surface area contributed by atoms with E-state index in [4.69, 9.17) is 0 Å². The summed E-state index contributed by atoms with van der Waals surface area (Å²) in [5.41, 5.74) is 1.00. The number of aromatic nitrogens is 3. The van der Waals surface area contributed by atoms with Crippen LogP contribution in [0.3, 0.4) is 0 Å². The number of aromatic hydroxyl groups is 1. The van der Waals surface area contributed by atoms with Crippen LogP contribution in [0.2, 0.25) is 0 Å². The molecule has 0 aliphatic carbocycles. The summed E-state index contributed by atoms with van der Waals surface area (Å²) in [7, 11) is 0. The Morgan fingerprint density at radius 3 is 2.14 bits per heavy atom. The minimum atomic E-state index is -0.564. The maximum atomic E-state index is 13.8. The van der Waals surface area contributed by atoms with Gasteiger partial charge in [-0.2, -0.15) is 0 Å². The predicted octanol–water partition coefficient (Wildman–Crippen LogP) is 4.00. The molecule has 3 aromatic heterocycles. The van der Waals surface area contributed by atoms with Crippen molar-refractivity contribution in [3.8, 4) is 5.75 Å². The van der Waals surface area contributed by atoms with Crippen molar-refractivity contribution < 1.29 is 24.1 Å². The lowest BCUT2D eigenvalue weighted by Crippen LogP contribution is -2.29. The molecule has 1 aliphatic rings. The molecule has 2 aromatic carbocycles. The number of nitrogens with zero attached hydrogens (tertiary/aromatic N) is 4. The van der Waals surface area contributed by atoms with Crippen molar-refractivity contribution in [1.29, 1.82) is 0 Å². The minimum absolute atomic E-state index is 0.0858. The van der Waals surface area contributed by atoms with Crippen molar-refractivity contribution in [3.63, 3.8) is 0 Å². The fourth-order valence-electron chi connectivity index (χ4n) is 4.49. The Balaban J connectivity index is 1.71. The summed E-state index contributed by atoms with van der Waals surface area (Å²) in [6.45, 7) is 0. The molecule has 0 saturated heterocycles. The van der Waals surface area contributed by atoms with Crippen LogP contribution in [-0.2, 0) is 0 Å². The molecular formula is C28H17N4O4+. The molecule has 0 atom stereocenters. The van der Waals surface area contributed by atoms with E-state index in [2.05, 4.69) is 9.97 Å². The third kappa shape index (κ3) is 3.08. The van der Waals surface area contributed by atoms with Gasteiger partial charge in [-0.05, 0) is 42.5 Å². The Labute approximate surface area is 204 Å². The van der Waals surface area contributed by atoms with Gasteiger partial charge in [0.25, 0.3) is 17.4 Å². The van der Waals surface area contributed by atoms with E-state index in [1.807, 2.05) is 0 Å². The zero-order valence-corrected chi connectivity index (χ0v) is 18.7. The fourth-order valence-corrected chi connectivity index (χ4v) is 4.49. The molecule has 172 valence electrons. The number of ketones is 1.